The van der Waals surface area contributed by atoms with Gasteiger partial charge in [0.25, 0.3) is 11.8 Å². The third-order valence-corrected chi connectivity index (χ3v) is 9.09. The Morgan fingerprint density at radius 2 is 1.71 bits per heavy atom. The summed E-state index contributed by atoms with van der Waals surface area (Å²) in [5.74, 6) is -2.70. The summed E-state index contributed by atoms with van der Waals surface area (Å²) in [6.07, 6.45) is -0.752. The fraction of sp³-hybridized carbons (Fsp3) is 0.593. The highest BCUT2D eigenvalue weighted by Crippen LogP contribution is 2.44. The lowest BCUT2D eigenvalue weighted by Crippen LogP contribution is -2.71. The predicted molar refractivity (Wildman–Crippen MR) is 180 cm³/mol. The van der Waals surface area contributed by atoms with Gasteiger partial charge >= 0.3 is 26.1 Å². The molecule has 2 aliphatic heterocycles. The number of alkyl halides is 1. The fourth-order valence-electron chi connectivity index (χ4n) is 3.95. The van der Waals surface area contributed by atoms with Crippen LogP contribution >= 0.6 is 45.7 Å². The molecular formula is C27H37BIN5O9S2. The molecule has 0 saturated carbocycles. The molecule has 14 nitrogen and oxygen atoms in total. The number of aromatic nitrogens is 1. The van der Waals surface area contributed by atoms with Crippen LogP contribution in [-0.4, -0.2) is 91.4 Å². The Morgan fingerprint density at radius 1 is 1.09 bits per heavy atom. The smallest absolute Gasteiger partial charge is 0.413 e. The largest absolute Gasteiger partial charge is 0.539 e. The summed E-state index contributed by atoms with van der Waals surface area (Å²) in [7, 11) is 1.24. The van der Waals surface area contributed by atoms with Crippen molar-refractivity contribution in [3.05, 3.63) is 22.3 Å². The highest BCUT2D eigenvalue weighted by molar-refractivity contribution is 14.1. The van der Waals surface area contributed by atoms with Crippen LogP contribution in [0.1, 0.15) is 68.0 Å². The predicted octanol–water partition coefficient (Wildman–Crippen LogP) is 2.90. The van der Waals surface area contributed by atoms with E-state index in [1.165, 1.54) is 43.9 Å². The van der Waals surface area contributed by atoms with E-state index in [-0.39, 0.29) is 27.5 Å². The van der Waals surface area contributed by atoms with Gasteiger partial charge in [-0.1, -0.05) is 27.7 Å². The molecule has 3 amide bonds. The SMILES string of the molecule is BOC(=O)C1=C(CI)[C@H](C)S[C@@H]2[C@H](NC(=O)/C(=N\OC(C)(C)C(=O)OC(C)(C)C)c3csc(NC(=O)OC(C)(C)C)n3)C(=O)N12. The van der Waals surface area contributed by atoms with E-state index in [2.05, 4.69) is 43.4 Å². The number of ether oxygens (including phenoxy) is 2. The number of nitrogens with one attached hydrogen (secondary N) is 2. The van der Waals surface area contributed by atoms with Crippen molar-refractivity contribution < 1.29 is 42.9 Å². The van der Waals surface area contributed by atoms with Crippen LogP contribution in [0, 0.1) is 0 Å². The molecule has 3 atom stereocenters. The lowest BCUT2D eigenvalue weighted by atomic mass is 10.0. The first-order valence-corrected chi connectivity index (χ1v) is 17.2. The van der Waals surface area contributed by atoms with Crippen molar-refractivity contribution in [2.45, 2.75) is 95.8 Å². The van der Waals surface area contributed by atoms with Crippen molar-refractivity contribution in [3.8, 4) is 0 Å². The zero-order chi connectivity index (χ0) is 34.1. The fourth-order valence-corrected chi connectivity index (χ4v) is 7.41. The van der Waals surface area contributed by atoms with Gasteiger partial charge in [-0.05, 0) is 67.9 Å². The Kier molecular flexibility index (Phi) is 11.3. The van der Waals surface area contributed by atoms with Crippen molar-refractivity contribution in [2.24, 2.45) is 5.16 Å². The van der Waals surface area contributed by atoms with Gasteiger partial charge in [-0.2, -0.15) is 0 Å². The molecular weight excluding hydrogens is 740 g/mol. The Morgan fingerprint density at radius 3 is 2.27 bits per heavy atom. The monoisotopic (exact) mass is 777 g/mol. The van der Waals surface area contributed by atoms with Crippen LogP contribution in [0.25, 0.3) is 0 Å². The van der Waals surface area contributed by atoms with Crippen molar-refractivity contribution in [2.75, 3.05) is 9.74 Å². The number of halogens is 1. The van der Waals surface area contributed by atoms with Crippen molar-refractivity contribution in [1.82, 2.24) is 15.2 Å². The van der Waals surface area contributed by atoms with E-state index in [1.807, 2.05) is 6.92 Å². The molecule has 1 saturated heterocycles. The van der Waals surface area contributed by atoms with Crippen LogP contribution in [0.15, 0.2) is 21.8 Å². The van der Waals surface area contributed by atoms with Crippen LogP contribution in [0.2, 0.25) is 0 Å². The zero-order valence-electron chi connectivity index (χ0n) is 26.7. The van der Waals surface area contributed by atoms with Crippen molar-refractivity contribution >= 4 is 94.4 Å². The Balaban J connectivity index is 1.91. The molecule has 246 valence electrons. The summed E-state index contributed by atoms with van der Waals surface area (Å²) >= 11 is 4.54. The third-order valence-electron chi connectivity index (χ3n) is 6.06. The van der Waals surface area contributed by atoms with Gasteiger partial charge in [0.2, 0.25) is 5.60 Å². The highest BCUT2D eigenvalue weighted by Gasteiger charge is 2.56. The quantitative estimate of drug-likeness (QED) is 0.0718. The molecule has 0 radical (unpaired) electrons. The first-order valence-electron chi connectivity index (χ1n) is 13.8. The number of hydrogen-bond acceptors (Lipinski definition) is 13. The average Bonchev–Trinajstić information content (AvgIpc) is 3.36. The molecule has 2 N–H and O–H groups in total. The third kappa shape index (κ3) is 8.90. The van der Waals surface area contributed by atoms with Crippen LogP contribution in [0.3, 0.4) is 0 Å². The van der Waals surface area contributed by atoms with E-state index in [1.54, 1.807) is 41.5 Å². The number of anilines is 1. The minimum absolute atomic E-state index is 0.000755. The van der Waals surface area contributed by atoms with E-state index in [4.69, 9.17) is 19.0 Å². The molecule has 0 unspecified atom stereocenters. The minimum atomic E-state index is -1.61. The molecule has 0 aliphatic carbocycles. The number of oxime groups is 1. The van der Waals surface area contributed by atoms with Crippen LogP contribution < -0.4 is 10.6 Å². The Labute approximate surface area is 284 Å². The topological polar surface area (TPSA) is 175 Å². The number of carbonyl (C=O) groups excluding carboxylic acids is 5. The maximum atomic E-state index is 13.7. The summed E-state index contributed by atoms with van der Waals surface area (Å²) in [5, 5.41) is 10.0. The molecule has 1 aromatic heterocycles. The number of esters is 1. The Hall–Kier alpha value is -2.87. The molecule has 45 heavy (non-hydrogen) atoms. The number of thioether (sulfide) groups is 1. The molecule has 1 fully saturated rings. The van der Waals surface area contributed by atoms with Gasteiger partial charge in [0.15, 0.2) is 10.8 Å². The first kappa shape index (κ1) is 36.6. The van der Waals surface area contributed by atoms with E-state index in [9.17, 15) is 24.0 Å². The zero-order valence-corrected chi connectivity index (χ0v) is 30.5. The lowest BCUT2D eigenvalue weighted by molar-refractivity contribution is -0.179. The second kappa shape index (κ2) is 13.9. The standard InChI is InChI=1S/C27H37BIN5O9S2/c1-12-13(10-29)17(21(37)42-28)34-19(36)16(20(34)45-12)31-18(35)15(33-43-27(8,9)22(38)40-25(2,3)4)14-11-44-23(30-14)32-24(39)41-26(5,6)7/h11-12,16,20H,10,28H2,1-9H3,(H,31,35)(H,30,32,39)/b33-15-/t12-,16+,20+/m0/s1. The van der Waals surface area contributed by atoms with E-state index in [0.29, 0.717) is 4.43 Å². The number of carbonyl (C=O) groups is 5. The number of amides is 3. The van der Waals surface area contributed by atoms with E-state index >= 15 is 0 Å². The molecule has 3 heterocycles. The van der Waals surface area contributed by atoms with E-state index < -0.39 is 58.1 Å². The molecule has 18 heteroatoms. The van der Waals surface area contributed by atoms with Gasteiger partial charge in [-0.3, -0.25) is 19.8 Å². The summed E-state index contributed by atoms with van der Waals surface area (Å²) < 4.78 is 16.1. The summed E-state index contributed by atoms with van der Waals surface area (Å²) in [4.78, 5) is 75.9. The van der Waals surface area contributed by atoms with Gasteiger partial charge < -0.3 is 24.3 Å². The summed E-state index contributed by atoms with van der Waals surface area (Å²) in [5.41, 5.74) is -2.60. The van der Waals surface area contributed by atoms with Gasteiger partial charge in [-0.25, -0.2) is 19.4 Å². The second-order valence-electron chi connectivity index (χ2n) is 12.5. The molecule has 0 aromatic carbocycles. The van der Waals surface area contributed by atoms with Crippen molar-refractivity contribution in [1.29, 1.82) is 0 Å². The van der Waals surface area contributed by atoms with Gasteiger partial charge in [-0.15, -0.1) is 23.1 Å². The lowest BCUT2D eigenvalue weighted by Gasteiger charge is -2.51. The number of hydrogen-bond donors (Lipinski definition) is 2. The summed E-state index contributed by atoms with van der Waals surface area (Å²) in [6, 6.07) is -1.01. The first-order chi connectivity index (χ1) is 20.7. The average molecular weight is 777 g/mol. The molecule has 0 bridgehead atoms. The second-order valence-corrected chi connectivity index (χ2v) is 15.6. The number of rotatable bonds is 9. The normalized spacial score (nSPS) is 20.5. The maximum Gasteiger partial charge on any atom is 0.413 e. The van der Waals surface area contributed by atoms with Gasteiger partial charge in [0.1, 0.15) is 34.0 Å². The molecule has 1 aromatic rings. The number of fused-ring (bicyclic) bond motifs is 1. The van der Waals surface area contributed by atoms with Crippen LogP contribution in [0.5, 0.6) is 0 Å². The minimum Gasteiger partial charge on any atom is -0.539 e. The number of nitrogens with zero attached hydrogens (tertiary/aromatic N) is 3. The van der Waals surface area contributed by atoms with E-state index in [0.717, 1.165) is 16.9 Å². The summed E-state index contributed by atoms with van der Waals surface area (Å²) in [6.45, 7) is 15.0. The molecule has 0 spiro atoms. The molecule has 2 aliphatic rings. The van der Waals surface area contributed by atoms with Gasteiger partial charge in [0, 0.05) is 15.1 Å². The van der Waals surface area contributed by atoms with Gasteiger partial charge in [0.05, 0.1) is 0 Å². The van der Waals surface area contributed by atoms with Crippen LogP contribution in [0.4, 0.5) is 9.93 Å². The maximum absolute atomic E-state index is 13.7. The van der Waals surface area contributed by atoms with Crippen LogP contribution in [-0.2, 0) is 38.1 Å². The number of thiazole rings is 1. The highest BCUT2D eigenvalue weighted by atomic mass is 127. The number of β-lactam (4-membered cyclic amide) rings is 1. The Bertz CT molecular complexity index is 1430. The molecule has 3 rings (SSSR count). The van der Waals surface area contributed by atoms with Crippen molar-refractivity contribution in [3.63, 3.8) is 0 Å².